The van der Waals surface area contributed by atoms with Gasteiger partial charge in [-0.3, -0.25) is 4.79 Å². The molecule has 0 bridgehead atoms. The monoisotopic (exact) mass is 582 g/mol. The summed E-state index contributed by atoms with van der Waals surface area (Å²) in [4.78, 5) is 13.1. The van der Waals surface area contributed by atoms with Crippen LogP contribution < -0.4 is 5.56 Å². The number of halogens is 2. The summed E-state index contributed by atoms with van der Waals surface area (Å²) in [6.45, 7) is 19.3. The van der Waals surface area contributed by atoms with Crippen molar-refractivity contribution < 1.29 is 18.3 Å². The number of ether oxygens (including phenoxy) is 2. The first-order chi connectivity index (χ1) is 17.6. The minimum atomic E-state index is -1.89. The van der Waals surface area contributed by atoms with Gasteiger partial charge in [-0.25, -0.2) is 9.07 Å². The molecule has 3 aromatic rings. The van der Waals surface area contributed by atoms with Gasteiger partial charge >= 0.3 is 0 Å². The zero-order valence-electron chi connectivity index (χ0n) is 23.7. The van der Waals surface area contributed by atoms with Crippen LogP contribution in [0.5, 0.6) is 0 Å². The molecule has 38 heavy (non-hydrogen) atoms. The minimum absolute atomic E-state index is 0.0277. The first kappa shape index (κ1) is 30.6. The highest BCUT2D eigenvalue weighted by molar-refractivity contribution is 6.76. The van der Waals surface area contributed by atoms with Crippen LogP contribution >= 0.6 is 11.6 Å². The topological polar surface area (TPSA) is 80.4 Å². The van der Waals surface area contributed by atoms with Crippen molar-refractivity contribution in [1.29, 1.82) is 0 Å². The third kappa shape index (κ3) is 7.60. The lowest BCUT2D eigenvalue weighted by Crippen LogP contribution is -2.41. The highest BCUT2D eigenvalue weighted by Crippen LogP contribution is 2.36. The number of fused-ring (bicyclic) bond motifs is 1. The molecule has 0 aliphatic carbocycles. The fourth-order valence-corrected chi connectivity index (χ4v) is 5.46. The molecule has 0 atom stereocenters. The van der Waals surface area contributed by atoms with Gasteiger partial charge in [0, 0.05) is 26.3 Å². The van der Waals surface area contributed by atoms with Crippen molar-refractivity contribution >= 4 is 39.0 Å². The summed E-state index contributed by atoms with van der Waals surface area (Å²) < 4.78 is 35.3. The fraction of sp³-hybridized carbons (Fsp3) is 0.577. The van der Waals surface area contributed by atoms with Crippen LogP contribution in [-0.4, -0.2) is 55.8 Å². The van der Waals surface area contributed by atoms with Crippen LogP contribution in [0, 0.1) is 5.82 Å². The van der Waals surface area contributed by atoms with Gasteiger partial charge in [0.1, 0.15) is 23.8 Å². The van der Waals surface area contributed by atoms with Crippen LogP contribution in [0.4, 0.5) is 4.39 Å². The molecule has 0 radical (unpaired) electrons. The highest BCUT2D eigenvalue weighted by Gasteiger charge is 2.36. The zero-order valence-corrected chi connectivity index (χ0v) is 26.5. The molecule has 210 valence electrons. The molecule has 0 fully saturated rings. The summed E-state index contributed by atoms with van der Waals surface area (Å²) in [5.41, 5.74) is 0.730. The molecule has 0 saturated carbocycles. The summed E-state index contributed by atoms with van der Waals surface area (Å²) in [7, 11) is -3.12. The number of hydrogen-bond donors (Lipinski definition) is 0. The van der Waals surface area contributed by atoms with Crippen molar-refractivity contribution in [3.63, 3.8) is 0 Å². The van der Waals surface area contributed by atoms with Crippen molar-refractivity contribution in [3.8, 4) is 5.69 Å². The van der Waals surface area contributed by atoms with Gasteiger partial charge < -0.3 is 13.9 Å². The van der Waals surface area contributed by atoms with E-state index in [1.165, 1.54) is 16.8 Å². The van der Waals surface area contributed by atoms with Crippen LogP contribution in [0.1, 0.15) is 26.3 Å². The highest BCUT2D eigenvalue weighted by atomic mass is 35.5. The number of benzene rings is 1. The third-order valence-corrected chi connectivity index (χ3v) is 13.3. The Balaban J connectivity index is 1.78. The van der Waals surface area contributed by atoms with E-state index in [4.69, 9.17) is 25.5 Å². The van der Waals surface area contributed by atoms with E-state index in [1.807, 2.05) is 0 Å². The second kappa shape index (κ2) is 12.1. The molecule has 0 aliphatic rings. The predicted molar refractivity (Wildman–Crippen MR) is 155 cm³/mol. The SMILES string of the molecule is CC(C)(C)[Si](C)(C)OCCOCc1cccc(F)c1-n1nc2c(Cl)nn(COCC[Si](C)(C)C)c2cc1=O. The van der Waals surface area contributed by atoms with Crippen molar-refractivity contribution in [2.24, 2.45) is 0 Å². The second-order valence-electron chi connectivity index (χ2n) is 12.2. The standard InChI is InChI=1S/C26H40ClFN4O4Si2/c1-26(2,3)38(7,8)36-13-12-34-17-19-10-9-11-20(28)24(19)32-22(33)16-21-23(29-32)25(27)30-31(21)18-35-14-15-37(4,5)6/h9-11,16H,12-15,17-18H2,1-8H3. The first-order valence-electron chi connectivity index (χ1n) is 12.8. The maximum absolute atomic E-state index is 15.0. The van der Waals surface area contributed by atoms with Gasteiger partial charge in [0.15, 0.2) is 13.5 Å². The predicted octanol–water partition coefficient (Wildman–Crippen LogP) is 6.23. The second-order valence-corrected chi connectivity index (χ2v) is 23.0. The molecule has 0 aliphatic heterocycles. The van der Waals surface area contributed by atoms with Crippen LogP contribution in [0.15, 0.2) is 29.1 Å². The number of nitrogens with zero attached hydrogens (tertiary/aromatic N) is 4. The molecule has 0 saturated heterocycles. The molecular weight excluding hydrogens is 543 g/mol. The molecule has 0 unspecified atom stereocenters. The molecular formula is C26H40ClFN4O4Si2. The number of para-hydroxylation sites is 1. The molecule has 0 N–H and O–H groups in total. The van der Waals surface area contributed by atoms with Crippen LogP contribution in [0.3, 0.4) is 0 Å². The Bertz CT molecular complexity index is 1320. The smallest absolute Gasteiger partial charge is 0.273 e. The van der Waals surface area contributed by atoms with E-state index in [0.717, 1.165) is 10.7 Å². The lowest BCUT2D eigenvalue weighted by Gasteiger charge is -2.36. The van der Waals surface area contributed by atoms with Gasteiger partial charge in [0.25, 0.3) is 5.56 Å². The molecule has 0 amide bonds. The Kier molecular flexibility index (Phi) is 9.75. The molecule has 1 aromatic carbocycles. The Morgan fingerprint density at radius 2 is 1.74 bits per heavy atom. The van der Waals surface area contributed by atoms with Crippen molar-refractivity contribution in [2.75, 3.05) is 19.8 Å². The van der Waals surface area contributed by atoms with Crippen LogP contribution in [0.25, 0.3) is 16.7 Å². The number of rotatable bonds is 12. The number of aromatic nitrogens is 4. The molecule has 12 heteroatoms. The molecule has 3 rings (SSSR count). The third-order valence-electron chi connectivity index (χ3n) is 6.84. The summed E-state index contributed by atoms with van der Waals surface area (Å²) in [6, 6.07) is 6.94. The van der Waals surface area contributed by atoms with Gasteiger partial charge in [-0.2, -0.15) is 14.9 Å². The largest absolute Gasteiger partial charge is 0.414 e. The normalized spacial score (nSPS) is 13.0. The van der Waals surface area contributed by atoms with Crippen LogP contribution in [0.2, 0.25) is 49.0 Å². The van der Waals surface area contributed by atoms with E-state index >= 15 is 4.39 Å². The fourth-order valence-electron chi connectivity index (χ4n) is 3.45. The Morgan fingerprint density at radius 3 is 2.39 bits per heavy atom. The first-order valence-corrected chi connectivity index (χ1v) is 19.8. The lowest BCUT2D eigenvalue weighted by atomic mass is 10.2. The van der Waals surface area contributed by atoms with E-state index in [2.05, 4.69) is 63.7 Å². The summed E-state index contributed by atoms with van der Waals surface area (Å²) >= 11 is 6.35. The minimum Gasteiger partial charge on any atom is -0.414 e. The van der Waals surface area contributed by atoms with Crippen molar-refractivity contribution in [3.05, 3.63) is 51.2 Å². The molecule has 0 spiro atoms. The molecule has 2 heterocycles. The van der Waals surface area contributed by atoms with E-state index < -0.39 is 27.8 Å². The maximum atomic E-state index is 15.0. The molecule has 8 nitrogen and oxygen atoms in total. The van der Waals surface area contributed by atoms with Crippen molar-refractivity contribution in [2.45, 2.75) is 77.9 Å². The van der Waals surface area contributed by atoms with Gasteiger partial charge in [-0.15, -0.1) is 0 Å². The average Bonchev–Trinajstić information content (AvgIpc) is 3.09. The number of hydrogen-bond acceptors (Lipinski definition) is 6. The average molecular weight is 583 g/mol. The van der Waals surface area contributed by atoms with Crippen LogP contribution in [-0.2, 0) is 27.2 Å². The Hall–Kier alpha value is -1.90. The summed E-state index contributed by atoms with van der Waals surface area (Å²) in [5, 5.41) is 8.87. The Morgan fingerprint density at radius 1 is 1.03 bits per heavy atom. The summed E-state index contributed by atoms with van der Waals surface area (Å²) in [5.74, 6) is -0.587. The van der Waals surface area contributed by atoms with Gasteiger partial charge in [-0.1, -0.05) is 64.1 Å². The zero-order chi connectivity index (χ0) is 28.3. The lowest BCUT2D eigenvalue weighted by molar-refractivity contribution is 0.0817. The van der Waals surface area contributed by atoms with E-state index in [9.17, 15) is 4.79 Å². The van der Waals surface area contributed by atoms with Gasteiger partial charge in [0.2, 0.25) is 0 Å². The molecule has 2 aromatic heterocycles. The quantitative estimate of drug-likeness (QED) is 0.186. The van der Waals surface area contributed by atoms with Gasteiger partial charge in [0.05, 0.1) is 25.3 Å². The van der Waals surface area contributed by atoms with E-state index in [1.54, 1.807) is 12.1 Å². The maximum Gasteiger partial charge on any atom is 0.273 e. The van der Waals surface area contributed by atoms with E-state index in [0.29, 0.717) is 30.9 Å². The van der Waals surface area contributed by atoms with E-state index in [-0.39, 0.29) is 34.7 Å². The summed E-state index contributed by atoms with van der Waals surface area (Å²) in [6.07, 6.45) is 0. The van der Waals surface area contributed by atoms with Crippen molar-refractivity contribution in [1.82, 2.24) is 19.6 Å². The Labute approximate surface area is 231 Å². The van der Waals surface area contributed by atoms with Gasteiger partial charge in [-0.05, 0) is 30.2 Å².